The van der Waals surface area contributed by atoms with E-state index >= 15 is 0 Å². The van der Waals surface area contributed by atoms with E-state index in [0.29, 0.717) is 22.2 Å². The fourth-order valence-electron chi connectivity index (χ4n) is 4.18. The van der Waals surface area contributed by atoms with Gasteiger partial charge in [0, 0.05) is 28.9 Å². The molecular weight excluding hydrogens is 406 g/mol. The fourth-order valence-corrected chi connectivity index (χ4v) is 4.97. The first-order valence-electron chi connectivity index (χ1n) is 10.6. The summed E-state index contributed by atoms with van der Waals surface area (Å²) in [5.41, 5.74) is 4.74. The molecule has 2 heterocycles. The summed E-state index contributed by atoms with van der Waals surface area (Å²) in [7, 11) is 0. The summed E-state index contributed by atoms with van der Waals surface area (Å²) in [6.45, 7) is 0.238. The molecule has 1 saturated carbocycles. The number of benzene rings is 2. The number of fused-ring (bicyclic) bond motifs is 1. The molecule has 0 atom stereocenters. The number of nitriles is 1. The van der Waals surface area contributed by atoms with Gasteiger partial charge >= 0.3 is 0 Å². The van der Waals surface area contributed by atoms with Crippen molar-refractivity contribution in [3.63, 3.8) is 0 Å². The van der Waals surface area contributed by atoms with Crippen LogP contribution in [0.4, 0.5) is 5.69 Å². The van der Waals surface area contributed by atoms with Crippen molar-refractivity contribution in [1.29, 1.82) is 5.26 Å². The van der Waals surface area contributed by atoms with Gasteiger partial charge in [0.2, 0.25) is 6.79 Å². The van der Waals surface area contributed by atoms with Crippen molar-refractivity contribution in [3.05, 3.63) is 64.6 Å². The Balaban J connectivity index is 1.30. The molecule has 2 aliphatic rings. The van der Waals surface area contributed by atoms with Gasteiger partial charge in [0.25, 0.3) is 0 Å². The van der Waals surface area contributed by atoms with Gasteiger partial charge in [-0.2, -0.15) is 5.26 Å². The van der Waals surface area contributed by atoms with Crippen LogP contribution in [0.15, 0.2) is 54.0 Å². The van der Waals surface area contributed by atoms with E-state index in [0.717, 1.165) is 22.7 Å². The highest BCUT2D eigenvalue weighted by atomic mass is 32.1. The SMILES string of the molecule is N#C/C(=C\Nc1ccc2c(c1)OCO2)c1nc(-c2ccc(C3CCCCC3)cc2)cs1. The van der Waals surface area contributed by atoms with Gasteiger partial charge in [-0.15, -0.1) is 11.3 Å². The minimum atomic E-state index is 0.238. The molecule has 1 fully saturated rings. The molecule has 0 radical (unpaired) electrons. The maximum atomic E-state index is 9.64. The van der Waals surface area contributed by atoms with Crippen molar-refractivity contribution in [1.82, 2.24) is 4.98 Å². The molecule has 0 bridgehead atoms. The van der Waals surface area contributed by atoms with E-state index in [2.05, 4.69) is 35.7 Å². The highest BCUT2D eigenvalue weighted by Crippen LogP contribution is 2.35. The van der Waals surface area contributed by atoms with Gasteiger partial charge in [-0.25, -0.2) is 4.98 Å². The quantitative estimate of drug-likeness (QED) is 0.465. The van der Waals surface area contributed by atoms with Crippen LogP contribution in [-0.4, -0.2) is 11.8 Å². The van der Waals surface area contributed by atoms with Gasteiger partial charge in [-0.1, -0.05) is 43.5 Å². The third-order valence-corrected chi connectivity index (χ3v) is 6.77. The average molecular weight is 430 g/mol. The van der Waals surface area contributed by atoms with Crippen LogP contribution in [0.25, 0.3) is 16.8 Å². The summed E-state index contributed by atoms with van der Waals surface area (Å²) in [4.78, 5) is 4.71. The van der Waals surface area contributed by atoms with Crippen LogP contribution in [0.5, 0.6) is 11.5 Å². The van der Waals surface area contributed by atoms with Gasteiger partial charge < -0.3 is 14.8 Å². The third kappa shape index (κ3) is 4.28. The molecule has 2 aromatic carbocycles. The first-order valence-corrected chi connectivity index (χ1v) is 11.5. The molecule has 3 aromatic rings. The van der Waals surface area contributed by atoms with E-state index in [4.69, 9.17) is 14.5 Å². The second-order valence-corrected chi connectivity index (χ2v) is 8.74. The highest BCUT2D eigenvalue weighted by molar-refractivity contribution is 7.11. The van der Waals surface area contributed by atoms with Crippen molar-refractivity contribution in [2.45, 2.75) is 38.0 Å². The van der Waals surface area contributed by atoms with Gasteiger partial charge in [-0.3, -0.25) is 0 Å². The Morgan fingerprint density at radius 3 is 2.68 bits per heavy atom. The van der Waals surface area contributed by atoms with E-state index in [9.17, 15) is 5.26 Å². The predicted octanol–water partition coefficient (Wildman–Crippen LogP) is 6.56. The molecule has 1 aliphatic carbocycles. The molecule has 1 aliphatic heterocycles. The molecule has 1 aromatic heterocycles. The summed E-state index contributed by atoms with van der Waals surface area (Å²) in [6.07, 6.45) is 8.33. The standard InChI is InChI=1S/C25H23N3O2S/c26-13-20(14-27-21-10-11-23-24(12-21)30-16-29-23)25-28-22(15-31-25)19-8-6-18(7-9-19)17-4-2-1-3-5-17/h6-12,14-15,17,27H,1-5,16H2/b20-14+. The van der Waals surface area contributed by atoms with E-state index in [1.807, 2.05) is 23.6 Å². The highest BCUT2D eigenvalue weighted by Gasteiger charge is 2.16. The number of thiazole rings is 1. The lowest BCUT2D eigenvalue weighted by Crippen LogP contribution is -2.04. The van der Waals surface area contributed by atoms with E-state index in [-0.39, 0.29) is 6.79 Å². The number of nitrogens with one attached hydrogen (secondary N) is 1. The lowest BCUT2D eigenvalue weighted by molar-refractivity contribution is 0.174. The molecule has 31 heavy (non-hydrogen) atoms. The molecule has 1 N–H and O–H groups in total. The zero-order valence-corrected chi connectivity index (χ0v) is 18.0. The zero-order chi connectivity index (χ0) is 21.0. The fraction of sp³-hybridized carbons (Fsp3) is 0.280. The number of hydrogen-bond acceptors (Lipinski definition) is 6. The van der Waals surface area contributed by atoms with Gasteiger partial charge in [0.05, 0.1) is 5.69 Å². The summed E-state index contributed by atoms with van der Waals surface area (Å²) in [5.74, 6) is 2.13. The number of hydrogen-bond donors (Lipinski definition) is 1. The average Bonchev–Trinajstić information content (AvgIpc) is 3.50. The maximum absolute atomic E-state index is 9.64. The van der Waals surface area contributed by atoms with Gasteiger partial charge in [-0.05, 0) is 36.5 Å². The van der Waals surface area contributed by atoms with E-state index < -0.39 is 0 Å². The molecule has 0 unspecified atom stereocenters. The molecule has 0 saturated heterocycles. The Kier molecular flexibility index (Phi) is 5.59. The number of ether oxygens (including phenoxy) is 2. The number of rotatable bonds is 5. The Morgan fingerprint density at radius 1 is 1.06 bits per heavy atom. The molecule has 5 rings (SSSR count). The first-order chi connectivity index (χ1) is 15.3. The third-order valence-electron chi connectivity index (χ3n) is 5.89. The lowest BCUT2D eigenvalue weighted by atomic mass is 9.84. The Hall–Kier alpha value is -3.30. The number of anilines is 1. The van der Waals surface area contributed by atoms with Crippen molar-refractivity contribution < 1.29 is 9.47 Å². The zero-order valence-electron chi connectivity index (χ0n) is 17.1. The minimum Gasteiger partial charge on any atom is -0.454 e. The predicted molar refractivity (Wildman–Crippen MR) is 123 cm³/mol. The number of nitrogens with zero attached hydrogens (tertiary/aromatic N) is 2. The van der Waals surface area contributed by atoms with Crippen LogP contribution < -0.4 is 14.8 Å². The van der Waals surface area contributed by atoms with Crippen molar-refractivity contribution in [2.75, 3.05) is 12.1 Å². The maximum Gasteiger partial charge on any atom is 0.231 e. The summed E-state index contributed by atoms with van der Waals surface area (Å²) < 4.78 is 10.7. The van der Waals surface area contributed by atoms with Crippen LogP contribution in [0.1, 0.15) is 48.6 Å². The Labute approximate surface area is 186 Å². The second-order valence-electron chi connectivity index (χ2n) is 7.88. The van der Waals surface area contributed by atoms with Crippen LogP contribution in [-0.2, 0) is 0 Å². The topological polar surface area (TPSA) is 67.2 Å². The molecule has 0 spiro atoms. The number of allylic oxidation sites excluding steroid dienone is 1. The molecule has 6 heteroatoms. The van der Waals surface area contributed by atoms with Crippen LogP contribution in [0.2, 0.25) is 0 Å². The molecule has 156 valence electrons. The Morgan fingerprint density at radius 2 is 1.87 bits per heavy atom. The largest absolute Gasteiger partial charge is 0.454 e. The van der Waals surface area contributed by atoms with Crippen molar-refractivity contribution in [2.24, 2.45) is 0 Å². The summed E-state index contributed by atoms with van der Waals surface area (Å²) in [6, 6.07) is 16.6. The van der Waals surface area contributed by atoms with Crippen LogP contribution >= 0.6 is 11.3 Å². The molecule has 0 amide bonds. The molecule has 5 nitrogen and oxygen atoms in total. The Bertz CT molecular complexity index is 1140. The van der Waals surface area contributed by atoms with E-state index in [1.165, 1.54) is 49.0 Å². The van der Waals surface area contributed by atoms with Gasteiger partial charge in [0.15, 0.2) is 11.5 Å². The van der Waals surface area contributed by atoms with Crippen LogP contribution in [0, 0.1) is 11.3 Å². The van der Waals surface area contributed by atoms with Crippen molar-refractivity contribution in [3.8, 4) is 28.8 Å². The molecular formula is C25H23N3O2S. The van der Waals surface area contributed by atoms with E-state index in [1.54, 1.807) is 6.20 Å². The summed E-state index contributed by atoms with van der Waals surface area (Å²) in [5, 5.41) is 15.5. The lowest BCUT2D eigenvalue weighted by Gasteiger charge is -2.22. The number of aromatic nitrogens is 1. The first kappa shape index (κ1) is 19.7. The van der Waals surface area contributed by atoms with Gasteiger partial charge in [0.1, 0.15) is 16.6 Å². The van der Waals surface area contributed by atoms with Crippen molar-refractivity contribution >= 4 is 22.6 Å². The second kappa shape index (κ2) is 8.83. The van der Waals surface area contributed by atoms with Crippen LogP contribution in [0.3, 0.4) is 0 Å². The summed E-state index contributed by atoms with van der Waals surface area (Å²) >= 11 is 1.48. The normalized spacial score (nSPS) is 16.2. The minimum absolute atomic E-state index is 0.238. The smallest absolute Gasteiger partial charge is 0.231 e. The monoisotopic (exact) mass is 429 g/mol.